The summed E-state index contributed by atoms with van der Waals surface area (Å²) < 4.78 is 4.97. The van der Waals surface area contributed by atoms with E-state index in [9.17, 15) is 4.79 Å². The summed E-state index contributed by atoms with van der Waals surface area (Å²) in [5.74, 6) is 1.68. The first-order valence-corrected chi connectivity index (χ1v) is 9.48. The number of amides is 2. The highest BCUT2D eigenvalue weighted by Gasteiger charge is 2.29. The summed E-state index contributed by atoms with van der Waals surface area (Å²) in [4.78, 5) is 38.3. The molecule has 0 spiro atoms. The molecule has 1 unspecified atom stereocenters. The Bertz CT molecular complexity index is 993. The molecule has 11 nitrogen and oxygen atoms in total. The normalized spacial score (nSPS) is 17.0. The van der Waals surface area contributed by atoms with Gasteiger partial charge in [-0.15, -0.1) is 11.3 Å². The lowest BCUT2D eigenvalue weighted by molar-refractivity contribution is 0.200. The predicted octanol–water partition coefficient (Wildman–Crippen LogP) is 1.21. The van der Waals surface area contributed by atoms with E-state index in [1.165, 1.54) is 30.8 Å². The maximum absolute atomic E-state index is 12.6. The van der Waals surface area contributed by atoms with Crippen molar-refractivity contribution in [2.75, 3.05) is 42.7 Å². The molecule has 3 aromatic rings. The van der Waals surface area contributed by atoms with Gasteiger partial charge in [0.15, 0.2) is 16.5 Å². The molecule has 0 bridgehead atoms. The number of thiazole rings is 1. The fraction of sp³-hybridized carbons (Fsp3) is 0.375. The number of ether oxygens (including phenoxy) is 1. The number of hydrogen-bond acceptors (Lipinski definition) is 10. The van der Waals surface area contributed by atoms with E-state index in [1.54, 1.807) is 10.4 Å². The smallest absolute Gasteiger partial charge is 0.323 e. The van der Waals surface area contributed by atoms with E-state index in [0.717, 1.165) is 10.3 Å². The Labute approximate surface area is 164 Å². The number of anilines is 3. The lowest BCUT2D eigenvalue weighted by Gasteiger charge is -2.40. The van der Waals surface area contributed by atoms with Crippen LogP contribution in [0.1, 0.15) is 6.92 Å². The number of carbonyl (C=O) groups is 1. The Morgan fingerprint density at radius 2 is 2.14 bits per heavy atom. The van der Waals surface area contributed by atoms with Crippen LogP contribution in [0.15, 0.2) is 17.9 Å². The molecule has 146 valence electrons. The van der Waals surface area contributed by atoms with Gasteiger partial charge in [-0.05, 0) is 6.92 Å². The number of hydrogen-bond donors (Lipinski definition) is 2. The fourth-order valence-electron chi connectivity index (χ4n) is 3.09. The minimum absolute atomic E-state index is 0.0284. The third-order valence-corrected chi connectivity index (χ3v) is 5.17. The molecule has 1 aliphatic rings. The Balaban J connectivity index is 1.45. The lowest BCUT2D eigenvalue weighted by Crippen LogP contribution is -2.55. The van der Waals surface area contributed by atoms with Crippen molar-refractivity contribution < 1.29 is 9.53 Å². The highest BCUT2D eigenvalue weighted by atomic mass is 32.1. The minimum Gasteiger partial charge on any atom is -0.480 e. The van der Waals surface area contributed by atoms with Crippen molar-refractivity contribution in [2.45, 2.75) is 13.0 Å². The van der Waals surface area contributed by atoms with Crippen molar-refractivity contribution >= 4 is 45.3 Å². The van der Waals surface area contributed by atoms with E-state index in [0.29, 0.717) is 37.1 Å². The van der Waals surface area contributed by atoms with E-state index in [-0.39, 0.29) is 18.0 Å². The van der Waals surface area contributed by atoms with Gasteiger partial charge in [0.2, 0.25) is 11.8 Å². The number of nitrogens with one attached hydrogen (secondary N) is 1. The Hall–Kier alpha value is -3.28. The average Bonchev–Trinajstić information content (AvgIpc) is 3.16. The van der Waals surface area contributed by atoms with Crippen molar-refractivity contribution in [1.29, 1.82) is 0 Å². The van der Waals surface area contributed by atoms with Crippen LogP contribution in [0.25, 0.3) is 10.3 Å². The molecule has 3 aromatic heterocycles. The number of aromatic nitrogens is 5. The first kappa shape index (κ1) is 18.1. The lowest BCUT2D eigenvalue weighted by atomic mass is 10.2. The number of urea groups is 1. The summed E-state index contributed by atoms with van der Waals surface area (Å²) in [5, 5.41) is 2.76. The highest BCUT2D eigenvalue weighted by Crippen LogP contribution is 2.28. The highest BCUT2D eigenvalue weighted by molar-refractivity contribution is 7.16. The second-order valence-corrected chi connectivity index (χ2v) is 7.11. The predicted molar refractivity (Wildman–Crippen MR) is 106 cm³/mol. The van der Waals surface area contributed by atoms with Crippen LogP contribution in [0.5, 0.6) is 5.88 Å². The van der Waals surface area contributed by atoms with E-state index in [1.807, 2.05) is 6.92 Å². The molecule has 1 fully saturated rings. The minimum atomic E-state index is -0.230. The largest absolute Gasteiger partial charge is 0.480 e. The molecule has 0 aromatic carbocycles. The van der Waals surface area contributed by atoms with Crippen LogP contribution < -0.4 is 20.7 Å². The molecule has 28 heavy (non-hydrogen) atoms. The molecule has 12 heteroatoms. The summed E-state index contributed by atoms with van der Waals surface area (Å²) in [6, 6.07) is -0.201. The van der Waals surface area contributed by atoms with Gasteiger partial charge in [0.25, 0.3) is 0 Å². The average molecular weight is 401 g/mol. The van der Waals surface area contributed by atoms with Crippen LogP contribution in [0.3, 0.4) is 0 Å². The molecule has 4 heterocycles. The molecular formula is C16H19N9O2S. The van der Waals surface area contributed by atoms with Gasteiger partial charge in [0.05, 0.1) is 25.0 Å². The zero-order valence-corrected chi connectivity index (χ0v) is 16.2. The van der Waals surface area contributed by atoms with Gasteiger partial charge in [-0.2, -0.15) is 4.98 Å². The van der Waals surface area contributed by atoms with E-state index in [4.69, 9.17) is 10.5 Å². The number of nitrogens with two attached hydrogens (primary N) is 1. The molecule has 1 atom stereocenters. The van der Waals surface area contributed by atoms with Crippen LogP contribution in [0.2, 0.25) is 0 Å². The molecule has 2 amide bonds. The number of methoxy groups -OCH3 is 1. The molecular weight excluding hydrogens is 382 g/mol. The summed E-state index contributed by atoms with van der Waals surface area (Å²) in [5.41, 5.74) is 8.31. The van der Waals surface area contributed by atoms with Crippen molar-refractivity contribution in [3.63, 3.8) is 0 Å². The number of fused-ring (bicyclic) bond motifs is 1. The number of carbonyl (C=O) groups excluding carboxylic acids is 1. The Morgan fingerprint density at radius 1 is 1.29 bits per heavy atom. The SMILES string of the molecule is COc1cnc(NC(=O)N2CCN(c3nc(N)nc4scnc34)C(C)C2)cn1. The van der Waals surface area contributed by atoms with Gasteiger partial charge in [-0.3, -0.25) is 5.32 Å². The summed E-state index contributed by atoms with van der Waals surface area (Å²) in [7, 11) is 1.51. The van der Waals surface area contributed by atoms with Gasteiger partial charge in [0.1, 0.15) is 5.52 Å². The third-order valence-electron chi connectivity index (χ3n) is 4.46. The molecule has 0 saturated carbocycles. The van der Waals surface area contributed by atoms with E-state index in [2.05, 4.69) is 35.1 Å². The number of nitrogens with zero attached hydrogens (tertiary/aromatic N) is 7. The van der Waals surface area contributed by atoms with Gasteiger partial charge in [-0.1, -0.05) is 0 Å². The molecule has 1 aliphatic heterocycles. The standard InChI is InChI=1S/C16H19N9O2S/c1-9-7-24(16(26)21-10-5-19-11(27-2)6-18-10)3-4-25(9)13-12-14(28-8-20-12)23-15(17)22-13/h5-6,8-9H,3-4,7H2,1-2H3,(H2,17,22,23)(H,18,21,26). The van der Waals surface area contributed by atoms with Crippen molar-refractivity contribution in [3.8, 4) is 5.88 Å². The Kier molecular flexibility index (Phi) is 4.77. The van der Waals surface area contributed by atoms with Gasteiger partial charge in [-0.25, -0.2) is 24.7 Å². The van der Waals surface area contributed by atoms with Crippen LogP contribution in [-0.2, 0) is 0 Å². The van der Waals surface area contributed by atoms with Crippen LogP contribution >= 0.6 is 11.3 Å². The molecule has 1 saturated heterocycles. The van der Waals surface area contributed by atoms with Gasteiger partial charge >= 0.3 is 6.03 Å². The maximum atomic E-state index is 12.6. The second-order valence-electron chi connectivity index (χ2n) is 6.27. The number of piperazine rings is 1. The van der Waals surface area contributed by atoms with Gasteiger partial charge < -0.3 is 20.3 Å². The second kappa shape index (κ2) is 7.38. The topological polar surface area (TPSA) is 135 Å². The monoisotopic (exact) mass is 401 g/mol. The summed E-state index contributed by atoms with van der Waals surface area (Å²) >= 11 is 1.42. The maximum Gasteiger partial charge on any atom is 0.323 e. The van der Waals surface area contributed by atoms with Gasteiger partial charge in [0, 0.05) is 25.7 Å². The van der Waals surface area contributed by atoms with Crippen molar-refractivity contribution in [3.05, 3.63) is 17.9 Å². The molecule has 0 aliphatic carbocycles. The quantitative estimate of drug-likeness (QED) is 0.663. The van der Waals surface area contributed by atoms with Crippen LogP contribution in [-0.4, -0.2) is 68.6 Å². The number of rotatable bonds is 3. The summed E-state index contributed by atoms with van der Waals surface area (Å²) in [6.45, 7) is 3.68. The molecule has 0 radical (unpaired) electrons. The van der Waals surface area contributed by atoms with Crippen LogP contribution in [0.4, 0.5) is 22.4 Å². The van der Waals surface area contributed by atoms with Crippen LogP contribution in [0, 0.1) is 0 Å². The zero-order valence-electron chi connectivity index (χ0n) is 15.4. The first-order chi connectivity index (χ1) is 13.5. The van der Waals surface area contributed by atoms with Crippen molar-refractivity contribution in [2.24, 2.45) is 0 Å². The molecule has 4 rings (SSSR count). The fourth-order valence-corrected chi connectivity index (χ4v) is 3.75. The van der Waals surface area contributed by atoms with E-state index < -0.39 is 0 Å². The summed E-state index contributed by atoms with van der Waals surface area (Å²) in [6.07, 6.45) is 2.91. The number of nitrogen functional groups attached to an aromatic ring is 1. The Morgan fingerprint density at radius 3 is 2.86 bits per heavy atom. The third kappa shape index (κ3) is 3.45. The molecule has 3 N–H and O–H groups in total. The van der Waals surface area contributed by atoms with Crippen molar-refractivity contribution in [1.82, 2.24) is 29.8 Å². The zero-order chi connectivity index (χ0) is 19.7. The first-order valence-electron chi connectivity index (χ1n) is 8.60. The van der Waals surface area contributed by atoms with E-state index >= 15 is 0 Å².